The number of urea groups is 1. The number of nitrogens with zero attached hydrogens (tertiary/aromatic N) is 3. The lowest BCUT2D eigenvalue weighted by atomic mass is 9.94. The maximum absolute atomic E-state index is 13.4. The smallest absolute Gasteiger partial charge is 0.406 e. The Morgan fingerprint density at radius 2 is 1.48 bits per heavy atom. The maximum atomic E-state index is 13.4. The molecule has 5 rings (SSSR count). The number of halogens is 3. The van der Waals surface area contributed by atoms with Crippen LogP contribution in [0.4, 0.5) is 29.3 Å². The number of carbonyl (C=O) groups excluding carboxylic acids is 1. The second-order valence-corrected chi connectivity index (χ2v) is 12.2. The first kappa shape index (κ1) is 29.7. The van der Waals surface area contributed by atoms with Gasteiger partial charge in [-0.2, -0.15) is 0 Å². The molecule has 0 aliphatic carbocycles. The molecule has 2 unspecified atom stereocenters. The predicted octanol–water partition coefficient (Wildman–Crippen LogP) is 3.90. The Hall–Kier alpha value is -3.81. The summed E-state index contributed by atoms with van der Waals surface area (Å²) < 4.78 is 70.8. The van der Waals surface area contributed by atoms with Crippen molar-refractivity contribution in [3.63, 3.8) is 0 Å². The van der Waals surface area contributed by atoms with Crippen molar-refractivity contribution in [1.29, 1.82) is 0 Å². The number of rotatable bonds is 5. The lowest BCUT2D eigenvalue weighted by Gasteiger charge is -2.47. The molecule has 0 radical (unpaired) electrons. The maximum Gasteiger partial charge on any atom is 0.573 e. The summed E-state index contributed by atoms with van der Waals surface area (Å²) in [6.45, 7) is -0.0110. The van der Waals surface area contributed by atoms with Gasteiger partial charge in [-0.3, -0.25) is 0 Å². The van der Waals surface area contributed by atoms with Crippen molar-refractivity contribution in [2.75, 3.05) is 32.1 Å². The minimum absolute atomic E-state index is 0.114. The third-order valence-electron chi connectivity index (χ3n) is 7.46. The lowest BCUT2D eigenvalue weighted by molar-refractivity contribution is -0.274. The molecule has 0 bridgehead atoms. The summed E-state index contributed by atoms with van der Waals surface area (Å²) in [5, 5.41) is 11.8. The molecule has 3 atom stereocenters. The third-order valence-corrected chi connectivity index (χ3v) is 8.96. The Morgan fingerprint density at radius 3 is 2.00 bits per heavy atom. The molecule has 2 N–H and O–H groups in total. The number of aryl methyl sites for hydroxylation is 2. The number of fused-ring (bicyclic) bond motifs is 2. The van der Waals surface area contributed by atoms with E-state index < -0.39 is 40.3 Å². The summed E-state index contributed by atoms with van der Waals surface area (Å²) in [6.07, 6.45) is -4.67. The molecule has 0 spiro atoms. The van der Waals surface area contributed by atoms with E-state index in [2.05, 4.69) is 9.46 Å². The van der Waals surface area contributed by atoms with Gasteiger partial charge in [0, 0.05) is 38.6 Å². The highest BCUT2D eigenvalue weighted by Crippen LogP contribution is 2.39. The van der Waals surface area contributed by atoms with E-state index in [0.29, 0.717) is 0 Å². The van der Waals surface area contributed by atoms with Crippen molar-refractivity contribution < 1.29 is 36.2 Å². The van der Waals surface area contributed by atoms with Gasteiger partial charge < -0.3 is 24.5 Å². The number of anilines is 2. The van der Waals surface area contributed by atoms with Gasteiger partial charge in [0.15, 0.2) is 0 Å². The normalized spacial score (nSPS) is 20.8. The number of aliphatic hydroxyl groups is 1. The number of carbonyl (C=O) groups is 1. The first-order valence-electron chi connectivity index (χ1n) is 13.3. The molecule has 224 valence electrons. The molecule has 3 aromatic carbocycles. The minimum atomic E-state index is -4.92. The first-order valence-corrected chi connectivity index (χ1v) is 14.8. The van der Waals surface area contributed by atoms with E-state index in [1.165, 1.54) is 9.80 Å². The fourth-order valence-corrected chi connectivity index (χ4v) is 6.80. The second-order valence-electron chi connectivity index (χ2n) is 10.5. The minimum Gasteiger partial charge on any atom is -0.406 e. The average Bonchev–Trinajstić information content (AvgIpc) is 3.10. The number of ether oxygens (including phenoxy) is 1. The van der Waals surface area contributed by atoms with Crippen LogP contribution in [0.25, 0.3) is 0 Å². The highest BCUT2D eigenvalue weighted by molar-refractivity contribution is 7.89. The van der Waals surface area contributed by atoms with Crippen LogP contribution in [-0.4, -0.2) is 81.1 Å². The fraction of sp³-hybridized carbons (Fsp3) is 0.345. The number of alkyl halides is 3. The van der Waals surface area contributed by atoms with Gasteiger partial charge in [-0.25, -0.2) is 17.9 Å². The number of benzene rings is 3. The van der Waals surface area contributed by atoms with Crippen LogP contribution < -0.4 is 14.4 Å². The Labute approximate surface area is 242 Å². The molecule has 42 heavy (non-hydrogen) atoms. The highest BCUT2D eigenvalue weighted by atomic mass is 32.2. The molecule has 3 aromatic rings. The van der Waals surface area contributed by atoms with E-state index in [4.69, 9.17) is 0 Å². The number of para-hydroxylation sites is 2. The van der Waals surface area contributed by atoms with E-state index in [-0.39, 0.29) is 24.0 Å². The van der Waals surface area contributed by atoms with E-state index in [1.807, 2.05) is 53.4 Å². The molecular formula is C29H31F3N4O5S. The van der Waals surface area contributed by atoms with Crippen molar-refractivity contribution in [3.05, 3.63) is 83.9 Å². The van der Waals surface area contributed by atoms with Gasteiger partial charge in [-0.15, -0.1) is 13.2 Å². The highest BCUT2D eigenvalue weighted by Gasteiger charge is 2.44. The molecule has 2 aliphatic heterocycles. The van der Waals surface area contributed by atoms with Gasteiger partial charge >= 0.3 is 12.4 Å². The van der Waals surface area contributed by atoms with Crippen LogP contribution in [0.3, 0.4) is 0 Å². The van der Waals surface area contributed by atoms with Gasteiger partial charge in [0.05, 0.1) is 23.1 Å². The third kappa shape index (κ3) is 6.18. The predicted molar refractivity (Wildman–Crippen MR) is 150 cm³/mol. The Balaban J connectivity index is 1.51. The van der Waals surface area contributed by atoms with Crippen LogP contribution in [0, 0.1) is 0 Å². The standard InChI is InChI=1S/C29H31F3N4O5S/c1-34(2)28(38)35-17-23(33-42(39,40)22-15-13-21(14-16-22)41-29(30,31)32)27(37)26(18-35)36-24-9-5-3-7-19(24)11-12-20-8-4-6-10-25(20)36/h3-10,13-16,23,26-27,33,37H,11-12,17-18H2,1-2H3/t23?,26?,27-/m0/s1. The van der Waals surface area contributed by atoms with Crippen molar-refractivity contribution in [3.8, 4) is 5.75 Å². The molecule has 2 heterocycles. The largest absolute Gasteiger partial charge is 0.573 e. The number of hydrogen-bond acceptors (Lipinski definition) is 6. The second kappa shape index (κ2) is 11.5. The number of amides is 2. The Bertz CT molecular complexity index is 1500. The van der Waals surface area contributed by atoms with Gasteiger partial charge in [0.25, 0.3) is 0 Å². The van der Waals surface area contributed by atoms with E-state index in [9.17, 15) is 31.5 Å². The zero-order valence-electron chi connectivity index (χ0n) is 23.0. The molecule has 9 nitrogen and oxygen atoms in total. The number of nitrogens with one attached hydrogen (secondary N) is 1. The first-order chi connectivity index (χ1) is 19.8. The molecule has 2 amide bonds. The number of sulfonamides is 1. The van der Waals surface area contributed by atoms with Crippen molar-refractivity contribution in [2.24, 2.45) is 0 Å². The van der Waals surface area contributed by atoms with E-state index in [1.54, 1.807) is 14.1 Å². The van der Waals surface area contributed by atoms with Crippen molar-refractivity contribution >= 4 is 27.4 Å². The van der Waals surface area contributed by atoms with Crippen LogP contribution >= 0.6 is 0 Å². The molecule has 0 aromatic heterocycles. The molecule has 13 heteroatoms. The average molecular weight is 605 g/mol. The lowest BCUT2D eigenvalue weighted by Crippen LogP contribution is -2.66. The van der Waals surface area contributed by atoms with Crippen LogP contribution in [0.1, 0.15) is 11.1 Å². The molecule has 2 aliphatic rings. The Kier molecular flexibility index (Phi) is 8.10. The van der Waals surface area contributed by atoms with Crippen LogP contribution in [0.2, 0.25) is 0 Å². The molecule has 1 saturated heterocycles. The van der Waals surface area contributed by atoms with Gasteiger partial charge in [-0.05, 0) is 60.4 Å². The monoisotopic (exact) mass is 604 g/mol. The Morgan fingerprint density at radius 1 is 0.929 bits per heavy atom. The summed E-state index contributed by atoms with van der Waals surface area (Å²) in [5.74, 6) is -0.569. The summed E-state index contributed by atoms with van der Waals surface area (Å²) in [4.78, 5) is 17.7. The number of hydrogen-bond donors (Lipinski definition) is 2. The molecular weight excluding hydrogens is 573 g/mol. The number of piperidine rings is 1. The summed E-state index contributed by atoms with van der Waals surface area (Å²) in [7, 11) is -1.15. The van der Waals surface area contributed by atoms with Crippen LogP contribution in [0.15, 0.2) is 77.7 Å². The van der Waals surface area contributed by atoms with E-state index >= 15 is 0 Å². The molecule has 0 saturated carbocycles. The zero-order chi connectivity index (χ0) is 30.2. The summed E-state index contributed by atoms with van der Waals surface area (Å²) in [5.41, 5.74) is 3.81. The number of aliphatic hydroxyl groups excluding tert-OH is 1. The van der Waals surface area contributed by atoms with Crippen molar-refractivity contribution in [1.82, 2.24) is 14.5 Å². The van der Waals surface area contributed by atoms with Crippen LogP contribution in [-0.2, 0) is 22.9 Å². The SMILES string of the molecule is CN(C)C(=O)N1CC(NS(=O)(=O)c2ccc(OC(F)(F)F)cc2)[C@H](O)C(N2c3ccccc3CCc3ccccc32)C1. The quantitative estimate of drug-likeness (QED) is 0.458. The van der Waals surface area contributed by atoms with Crippen LogP contribution in [0.5, 0.6) is 5.75 Å². The molecule has 1 fully saturated rings. The number of likely N-dealkylation sites (tertiary alicyclic amines) is 1. The van der Waals surface area contributed by atoms with Gasteiger partial charge in [-0.1, -0.05) is 36.4 Å². The summed E-state index contributed by atoms with van der Waals surface area (Å²) in [6, 6.07) is 17.1. The fourth-order valence-electron chi connectivity index (χ4n) is 5.56. The zero-order valence-corrected chi connectivity index (χ0v) is 23.8. The van der Waals surface area contributed by atoms with Gasteiger partial charge in [0.1, 0.15) is 5.75 Å². The topological polar surface area (TPSA) is 102 Å². The summed E-state index contributed by atoms with van der Waals surface area (Å²) >= 11 is 0. The van der Waals surface area contributed by atoms with Gasteiger partial charge in [0.2, 0.25) is 10.0 Å². The van der Waals surface area contributed by atoms with Crippen molar-refractivity contribution in [2.45, 2.75) is 42.3 Å². The van der Waals surface area contributed by atoms with E-state index in [0.717, 1.165) is 59.6 Å².